The summed E-state index contributed by atoms with van der Waals surface area (Å²) in [5.74, 6) is 0.140. The van der Waals surface area contributed by atoms with Crippen molar-refractivity contribution in [2.24, 2.45) is 0 Å². The van der Waals surface area contributed by atoms with Crippen molar-refractivity contribution in [2.45, 2.75) is 26.7 Å². The number of hydrogen-bond donors (Lipinski definition) is 0. The molecule has 3 heteroatoms. The third-order valence-electron chi connectivity index (χ3n) is 2.96. The fraction of sp³-hybridized carbons (Fsp3) is 0.562. The summed E-state index contributed by atoms with van der Waals surface area (Å²) < 4.78 is 0.765. The molecule has 106 valence electrons. The van der Waals surface area contributed by atoms with Crippen LogP contribution in [0.5, 0.6) is 0 Å². The number of carbonyl (C=O) groups is 1. The van der Waals surface area contributed by atoms with E-state index in [-0.39, 0.29) is 5.91 Å². The van der Waals surface area contributed by atoms with Gasteiger partial charge in [0.2, 0.25) is 0 Å². The normalized spacial score (nSPS) is 11.4. The van der Waals surface area contributed by atoms with E-state index in [2.05, 4.69) is 28.1 Å². The van der Waals surface area contributed by atoms with Gasteiger partial charge >= 0.3 is 0 Å². The summed E-state index contributed by atoms with van der Waals surface area (Å²) in [6, 6.07) is 7.84. The van der Waals surface area contributed by atoms with Crippen LogP contribution < -0.4 is 0 Å². The highest BCUT2D eigenvalue weighted by atomic mass is 16.2. The lowest BCUT2D eigenvalue weighted by Crippen LogP contribution is -2.48. The topological polar surface area (TPSA) is 20.3 Å². The largest absolute Gasteiger partial charge is 0.314 e. The number of benzene rings is 1. The van der Waals surface area contributed by atoms with Crippen molar-refractivity contribution in [1.29, 1.82) is 0 Å². The van der Waals surface area contributed by atoms with Gasteiger partial charge in [-0.1, -0.05) is 31.0 Å². The number of unbranched alkanes of at least 4 members (excludes halogenated alkanes) is 1. The van der Waals surface area contributed by atoms with Crippen LogP contribution in [-0.2, 0) is 0 Å². The van der Waals surface area contributed by atoms with Gasteiger partial charge in [-0.05, 0) is 25.5 Å². The van der Waals surface area contributed by atoms with E-state index in [9.17, 15) is 4.79 Å². The summed E-state index contributed by atoms with van der Waals surface area (Å²) in [5, 5.41) is 0. The molecule has 0 aliphatic rings. The van der Waals surface area contributed by atoms with Crippen molar-refractivity contribution in [2.75, 3.05) is 34.4 Å². The van der Waals surface area contributed by atoms with Crippen LogP contribution in [0.1, 0.15) is 35.7 Å². The van der Waals surface area contributed by atoms with E-state index < -0.39 is 0 Å². The number of hydrogen-bond acceptors (Lipinski definition) is 1. The Morgan fingerprint density at radius 3 is 2.21 bits per heavy atom. The Morgan fingerprint density at radius 2 is 1.74 bits per heavy atom. The van der Waals surface area contributed by atoms with E-state index in [1.165, 1.54) is 5.56 Å². The maximum absolute atomic E-state index is 12.6. The molecule has 0 unspecified atom stereocenters. The molecule has 0 aliphatic heterocycles. The smallest absolute Gasteiger partial charge is 0.258 e. The lowest BCUT2D eigenvalue weighted by Gasteiger charge is -2.32. The highest BCUT2D eigenvalue weighted by molar-refractivity contribution is 5.94. The molecular weight excluding hydrogens is 236 g/mol. The molecule has 0 saturated carbocycles. The van der Waals surface area contributed by atoms with Crippen LogP contribution in [0, 0.1) is 6.92 Å². The summed E-state index contributed by atoms with van der Waals surface area (Å²) in [4.78, 5) is 14.5. The first-order chi connectivity index (χ1) is 8.83. The van der Waals surface area contributed by atoms with Gasteiger partial charge in [-0.25, -0.2) is 0 Å². The molecule has 0 heterocycles. The summed E-state index contributed by atoms with van der Waals surface area (Å²) >= 11 is 0. The third kappa shape index (κ3) is 5.43. The lowest BCUT2D eigenvalue weighted by atomic mass is 10.1. The number of carbonyl (C=O) groups excluding carboxylic acids is 1. The number of rotatable bonds is 6. The number of amides is 1. The first kappa shape index (κ1) is 15.7. The summed E-state index contributed by atoms with van der Waals surface area (Å²) in [6.45, 7) is 5.76. The molecule has 19 heavy (non-hydrogen) atoms. The van der Waals surface area contributed by atoms with E-state index in [1.807, 2.05) is 36.1 Å². The molecule has 0 aromatic heterocycles. The molecular formula is C16H27N2O+. The van der Waals surface area contributed by atoms with Gasteiger partial charge in [0.25, 0.3) is 5.91 Å². The van der Waals surface area contributed by atoms with Gasteiger partial charge in [-0.2, -0.15) is 0 Å². The predicted octanol–water partition coefficient (Wildman–Crippen LogP) is 2.90. The third-order valence-corrected chi connectivity index (χ3v) is 2.96. The molecule has 0 radical (unpaired) electrons. The predicted molar refractivity (Wildman–Crippen MR) is 80.0 cm³/mol. The van der Waals surface area contributed by atoms with Gasteiger partial charge in [0, 0.05) is 12.1 Å². The van der Waals surface area contributed by atoms with Crippen LogP contribution >= 0.6 is 0 Å². The van der Waals surface area contributed by atoms with E-state index >= 15 is 0 Å². The zero-order valence-corrected chi connectivity index (χ0v) is 12.9. The maximum Gasteiger partial charge on any atom is 0.258 e. The SMILES string of the molecule is CCCCN(C[N+](C)(C)C)C(=O)c1ccc(C)cc1. The highest BCUT2D eigenvalue weighted by Gasteiger charge is 2.21. The molecule has 1 aromatic carbocycles. The molecule has 1 rings (SSSR count). The van der Waals surface area contributed by atoms with Gasteiger partial charge in [-0.3, -0.25) is 9.69 Å². The Labute approximate surface area is 117 Å². The van der Waals surface area contributed by atoms with Crippen molar-refractivity contribution in [1.82, 2.24) is 4.90 Å². The molecule has 1 aromatic rings. The fourth-order valence-corrected chi connectivity index (χ4v) is 1.98. The minimum atomic E-state index is 0.140. The number of nitrogens with zero attached hydrogens (tertiary/aromatic N) is 2. The molecule has 1 amide bonds. The van der Waals surface area contributed by atoms with Gasteiger partial charge in [0.1, 0.15) is 0 Å². The maximum atomic E-state index is 12.6. The van der Waals surface area contributed by atoms with Gasteiger partial charge < -0.3 is 4.48 Å². The van der Waals surface area contributed by atoms with E-state index in [4.69, 9.17) is 0 Å². The molecule has 0 atom stereocenters. The monoisotopic (exact) mass is 263 g/mol. The fourth-order valence-electron chi connectivity index (χ4n) is 1.98. The summed E-state index contributed by atoms with van der Waals surface area (Å²) in [7, 11) is 6.34. The van der Waals surface area contributed by atoms with Gasteiger partial charge in [0.15, 0.2) is 6.67 Å². The highest BCUT2D eigenvalue weighted by Crippen LogP contribution is 2.10. The van der Waals surface area contributed by atoms with Crippen LogP contribution in [0.15, 0.2) is 24.3 Å². The van der Waals surface area contributed by atoms with Crippen molar-refractivity contribution >= 4 is 5.91 Å². The average Bonchev–Trinajstić information content (AvgIpc) is 2.33. The molecule has 0 aliphatic carbocycles. The van der Waals surface area contributed by atoms with Crippen LogP contribution in [0.4, 0.5) is 0 Å². The molecule has 0 saturated heterocycles. The Morgan fingerprint density at radius 1 is 1.16 bits per heavy atom. The number of quaternary nitrogens is 1. The van der Waals surface area contributed by atoms with E-state index in [1.54, 1.807) is 0 Å². The Hall–Kier alpha value is -1.35. The van der Waals surface area contributed by atoms with Gasteiger partial charge in [0.05, 0.1) is 21.1 Å². The Kier molecular flexibility index (Phi) is 5.55. The molecule has 0 bridgehead atoms. The first-order valence-electron chi connectivity index (χ1n) is 7.00. The quantitative estimate of drug-likeness (QED) is 0.571. The molecule has 3 nitrogen and oxygen atoms in total. The van der Waals surface area contributed by atoms with Crippen LogP contribution in [0.25, 0.3) is 0 Å². The summed E-state index contributed by atoms with van der Waals surface area (Å²) in [5.41, 5.74) is 1.97. The van der Waals surface area contributed by atoms with Crippen LogP contribution in [0.2, 0.25) is 0 Å². The zero-order valence-electron chi connectivity index (χ0n) is 12.9. The Balaban J connectivity index is 2.83. The van der Waals surface area contributed by atoms with Gasteiger partial charge in [-0.15, -0.1) is 0 Å². The zero-order chi connectivity index (χ0) is 14.5. The molecule has 0 fully saturated rings. The molecule has 0 spiro atoms. The Bertz CT molecular complexity index is 404. The van der Waals surface area contributed by atoms with Crippen molar-refractivity contribution < 1.29 is 9.28 Å². The van der Waals surface area contributed by atoms with Crippen LogP contribution in [-0.4, -0.2) is 49.6 Å². The van der Waals surface area contributed by atoms with E-state index in [0.29, 0.717) is 0 Å². The van der Waals surface area contributed by atoms with Crippen LogP contribution in [0.3, 0.4) is 0 Å². The standard InChI is InChI=1S/C16H27N2O/c1-6-7-12-17(13-18(3,4)5)16(19)15-10-8-14(2)9-11-15/h8-11H,6-7,12-13H2,1-5H3/q+1. The minimum Gasteiger partial charge on any atom is -0.314 e. The lowest BCUT2D eigenvalue weighted by molar-refractivity contribution is -0.879. The second kappa shape index (κ2) is 6.71. The average molecular weight is 263 g/mol. The van der Waals surface area contributed by atoms with Crippen molar-refractivity contribution in [3.63, 3.8) is 0 Å². The van der Waals surface area contributed by atoms with Crippen molar-refractivity contribution in [3.05, 3.63) is 35.4 Å². The van der Waals surface area contributed by atoms with Crippen molar-refractivity contribution in [3.8, 4) is 0 Å². The first-order valence-corrected chi connectivity index (χ1v) is 7.00. The second-order valence-electron chi connectivity index (χ2n) is 6.22. The number of aryl methyl sites for hydroxylation is 1. The van der Waals surface area contributed by atoms with E-state index in [0.717, 1.165) is 36.1 Å². The second-order valence-corrected chi connectivity index (χ2v) is 6.22. The molecule has 0 N–H and O–H groups in total. The minimum absolute atomic E-state index is 0.140. The summed E-state index contributed by atoms with van der Waals surface area (Å²) in [6.07, 6.45) is 2.16.